The number of rotatable bonds is 3. The van der Waals surface area contributed by atoms with Crippen molar-refractivity contribution in [1.82, 2.24) is 0 Å². The number of hydrogen-bond donors (Lipinski definition) is 0. The molecule has 1 aromatic rings. The van der Waals surface area contributed by atoms with Crippen LogP contribution in [0.2, 0.25) is 0 Å². The molecule has 0 saturated carbocycles. The number of nitrogens with zero attached hydrogens (tertiary/aromatic N) is 2. The first-order valence-corrected chi connectivity index (χ1v) is 4.79. The predicted molar refractivity (Wildman–Crippen MR) is 54.7 cm³/mol. The Labute approximate surface area is 96.7 Å². The molecule has 0 amide bonds. The first-order valence-electron chi connectivity index (χ1n) is 4.41. The second-order valence-electron chi connectivity index (χ2n) is 3.17. The van der Waals surface area contributed by atoms with Crippen molar-refractivity contribution in [2.45, 2.75) is 11.3 Å². The molecule has 1 rings (SSSR count). The van der Waals surface area contributed by atoms with Crippen LogP contribution in [0.4, 0.5) is 8.78 Å². The minimum absolute atomic E-state index is 0.176. The molecule has 5 heteroatoms. The summed E-state index contributed by atoms with van der Waals surface area (Å²) in [6.07, 6.45) is 0. The highest BCUT2D eigenvalue weighted by atomic mass is 35.5. The number of nitriles is 2. The molecule has 0 aliphatic rings. The largest absolute Gasteiger partial charge is 0.330 e. The van der Waals surface area contributed by atoms with Gasteiger partial charge < -0.3 is 0 Å². The second kappa shape index (κ2) is 4.92. The van der Waals surface area contributed by atoms with Crippen LogP contribution in [0.1, 0.15) is 11.5 Å². The van der Waals surface area contributed by atoms with Gasteiger partial charge in [-0.15, -0.1) is 0 Å². The third-order valence-corrected chi connectivity index (χ3v) is 2.36. The molecule has 16 heavy (non-hydrogen) atoms. The van der Waals surface area contributed by atoms with E-state index in [1.165, 1.54) is 24.3 Å². The van der Waals surface area contributed by atoms with Crippen LogP contribution in [-0.4, -0.2) is 5.38 Å². The van der Waals surface area contributed by atoms with Gasteiger partial charge in [-0.1, -0.05) is 30.3 Å². The average Bonchev–Trinajstić information content (AvgIpc) is 2.25. The summed E-state index contributed by atoms with van der Waals surface area (Å²) < 4.78 is 26.3. The van der Waals surface area contributed by atoms with Crippen molar-refractivity contribution in [3.05, 3.63) is 35.9 Å². The monoisotopic (exact) mass is 240 g/mol. The zero-order valence-electron chi connectivity index (χ0n) is 8.07. The van der Waals surface area contributed by atoms with Crippen molar-refractivity contribution >= 4 is 11.6 Å². The maximum Gasteiger partial charge on any atom is 0.330 e. The van der Waals surface area contributed by atoms with E-state index in [9.17, 15) is 8.78 Å². The average molecular weight is 241 g/mol. The van der Waals surface area contributed by atoms with E-state index in [1.807, 2.05) is 0 Å². The van der Waals surface area contributed by atoms with Gasteiger partial charge >= 0.3 is 5.38 Å². The Bertz CT molecular complexity index is 414. The van der Waals surface area contributed by atoms with Gasteiger partial charge in [-0.05, 0) is 17.2 Å². The van der Waals surface area contributed by atoms with Gasteiger partial charge in [0.15, 0.2) is 0 Å². The molecule has 1 atom stereocenters. The van der Waals surface area contributed by atoms with Crippen molar-refractivity contribution in [1.29, 1.82) is 10.5 Å². The Balaban J connectivity index is 3.19. The lowest BCUT2D eigenvalue weighted by Crippen LogP contribution is -2.25. The molecule has 0 saturated heterocycles. The Hall–Kier alpha value is -1.65. The quantitative estimate of drug-likeness (QED) is 0.762. The van der Waals surface area contributed by atoms with Gasteiger partial charge in [0.05, 0.1) is 18.1 Å². The minimum atomic E-state index is -3.63. The Kier molecular flexibility index (Phi) is 3.82. The summed E-state index contributed by atoms with van der Waals surface area (Å²) in [5.74, 6) is -3.10. The highest BCUT2D eigenvalue weighted by Gasteiger charge is 2.44. The first-order chi connectivity index (χ1) is 7.50. The van der Waals surface area contributed by atoms with Crippen LogP contribution < -0.4 is 0 Å². The van der Waals surface area contributed by atoms with Crippen LogP contribution in [-0.2, 0) is 0 Å². The summed E-state index contributed by atoms with van der Waals surface area (Å²) in [4.78, 5) is 0. The van der Waals surface area contributed by atoms with E-state index < -0.39 is 17.2 Å². The maximum absolute atomic E-state index is 13.2. The van der Waals surface area contributed by atoms with Crippen molar-refractivity contribution in [3.8, 4) is 12.1 Å². The van der Waals surface area contributed by atoms with Crippen molar-refractivity contribution < 1.29 is 8.78 Å². The van der Waals surface area contributed by atoms with E-state index in [0.29, 0.717) is 0 Å². The summed E-state index contributed by atoms with van der Waals surface area (Å²) in [6.45, 7) is 0. The summed E-state index contributed by atoms with van der Waals surface area (Å²) in [5.41, 5.74) is 0.176. The first kappa shape index (κ1) is 12.4. The number of benzene rings is 1. The van der Waals surface area contributed by atoms with Crippen molar-refractivity contribution in [2.24, 2.45) is 5.92 Å². The topological polar surface area (TPSA) is 47.6 Å². The molecule has 0 aliphatic heterocycles. The fourth-order valence-corrected chi connectivity index (χ4v) is 1.66. The minimum Gasteiger partial charge on any atom is -0.197 e. The molecule has 82 valence electrons. The van der Waals surface area contributed by atoms with E-state index in [0.717, 1.165) is 0 Å². The molecule has 0 aromatic heterocycles. The van der Waals surface area contributed by atoms with Gasteiger partial charge in [0.1, 0.15) is 5.92 Å². The molecule has 0 N–H and O–H groups in total. The molecule has 0 radical (unpaired) electrons. The van der Waals surface area contributed by atoms with Gasteiger partial charge in [0, 0.05) is 0 Å². The molecule has 1 unspecified atom stereocenters. The van der Waals surface area contributed by atoms with Gasteiger partial charge in [-0.3, -0.25) is 0 Å². The zero-order valence-corrected chi connectivity index (χ0v) is 8.83. The normalized spacial score (nSPS) is 12.9. The Morgan fingerprint density at radius 1 is 1.12 bits per heavy atom. The van der Waals surface area contributed by atoms with Crippen molar-refractivity contribution in [3.63, 3.8) is 0 Å². The molecular weight excluding hydrogens is 234 g/mol. The smallest absolute Gasteiger partial charge is 0.197 e. The summed E-state index contributed by atoms with van der Waals surface area (Å²) >= 11 is 4.95. The lowest BCUT2D eigenvalue weighted by molar-refractivity contribution is 0.0557. The van der Waals surface area contributed by atoms with E-state index in [2.05, 4.69) is 0 Å². The van der Waals surface area contributed by atoms with Gasteiger partial charge in [0.2, 0.25) is 0 Å². The predicted octanol–water partition coefficient (Wildman–Crippen LogP) is 3.27. The maximum atomic E-state index is 13.2. The summed E-state index contributed by atoms with van der Waals surface area (Å²) in [7, 11) is 0. The third-order valence-electron chi connectivity index (χ3n) is 2.12. The van der Waals surface area contributed by atoms with Crippen LogP contribution in [0.3, 0.4) is 0 Å². The number of hydrogen-bond acceptors (Lipinski definition) is 2. The van der Waals surface area contributed by atoms with Crippen LogP contribution in [0.5, 0.6) is 0 Å². The van der Waals surface area contributed by atoms with E-state index in [-0.39, 0.29) is 5.56 Å². The van der Waals surface area contributed by atoms with E-state index in [1.54, 1.807) is 18.2 Å². The Morgan fingerprint density at radius 3 is 2.00 bits per heavy atom. The fourth-order valence-electron chi connectivity index (χ4n) is 1.41. The summed E-state index contributed by atoms with van der Waals surface area (Å²) in [6, 6.07) is 10.7. The lowest BCUT2D eigenvalue weighted by Gasteiger charge is -2.22. The zero-order chi connectivity index (χ0) is 12.2. The van der Waals surface area contributed by atoms with Gasteiger partial charge in [-0.25, -0.2) is 0 Å². The second-order valence-corrected chi connectivity index (χ2v) is 3.67. The van der Waals surface area contributed by atoms with Gasteiger partial charge in [-0.2, -0.15) is 19.3 Å². The number of alkyl halides is 3. The van der Waals surface area contributed by atoms with E-state index >= 15 is 0 Å². The van der Waals surface area contributed by atoms with E-state index in [4.69, 9.17) is 22.1 Å². The van der Waals surface area contributed by atoms with Gasteiger partial charge in [0.25, 0.3) is 0 Å². The SMILES string of the molecule is N#CC(C#N)C(c1ccccc1)C(F)(F)Cl. The van der Waals surface area contributed by atoms with Crippen LogP contribution >= 0.6 is 11.6 Å². The molecule has 0 spiro atoms. The Morgan fingerprint density at radius 2 is 1.62 bits per heavy atom. The molecule has 0 aliphatic carbocycles. The fraction of sp³-hybridized carbons (Fsp3) is 0.273. The third kappa shape index (κ3) is 2.68. The molecule has 0 bridgehead atoms. The standard InChI is InChI=1S/C11H7ClF2N2/c12-11(13,14)10(9(6-15)7-16)8-4-2-1-3-5-8/h1-5,9-10H. The van der Waals surface area contributed by atoms with Crippen LogP contribution in [0.15, 0.2) is 30.3 Å². The highest BCUT2D eigenvalue weighted by molar-refractivity contribution is 6.22. The molecule has 2 nitrogen and oxygen atoms in total. The molecule has 0 heterocycles. The molecule has 1 aromatic carbocycles. The number of halogens is 3. The molecular formula is C11H7ClF2N2. The van der Waals surface area contributed by atoms with Crippen LogP contribution in [0, 0.1) is 28.6 Å². The highest BCUT2D eigenvalue weighted by Crippen LogP contribution is 2.41. The molecule has 0 fully saturated rings. The van der Waals surface area contributed by atoms with Crippen LogP contribution in [0.25, 0.3) is 0 Å². The lowest BCUT2D eigenvalue weighted by atomic mass is 9.88. The van der Waals surface area contributed by atoms with Crippen molar-refractivity contribution in [2.75, 3.05) is 0 Å². The summed E-state index contributed by atoms with van der Waals surface area (Å²) in [5, 5.41) is 13.7.